The summed E-state index contributed by atoms with van der Waals surface area (Å²) in [6.45, 7) is 5.32. The van der Waals surface area contributed by atoms with Crippen molar-refractivity contribution in [3.8, 4) is 0 Å². The number of hydrogen-bond donors (Lipinski definition) is 2. The van der Waals surface area contributed by atoms with Gasteiger partial charge in [0.15, 0.2) is 0 Å². The van der Waals surface area contributed by atoms with Gasteiger partial charge in [-0.25, -0.2) is 4.98 Å². The first kappa shape index (κ1) is 29.2. The molecule has 4 atom stereocenters. The molecule has 43 heavy (non-hydrogen) atoms. The van der Waals surface area contributed by atoms with Crippen LogP contribution in [0.4, 0.5) is 5.82 Å². The number of nitrogens with two attached hydrogens (primary N) is 1. The number of ether oxygens (including phenoxy) is 1. The zero-order valence-electron chi connectivity index (χ0n) is 24.9. The second kappa shape index (κ2) is 12.4. The Kier molecular flexibility index (Phi) is 8.38. The molecule has 4 heterocycles. The van der Waals surface area contributed by atoms with E-state index in [1.54, 1.807) is 12.4 Å². The van der Waals surface area contributed by atoms with Gasteiger partial charge >= 0.3 is 0 Å². The molecule has 1 aromatic carbocycles. The van der Waals surface area contributed by atoms with Crippen LogP contribution in [0, 0.1) is 0 Å². The lowest BCUT2D eigenvalue weighted by atomic mass is 9.79. The van der Waals surface area contributed by atoms with Crippen LogP contribution < -0.4 is 11.1 Å². The average Bonchev–Trinajstić information content (AvgIpc) is 3.54. The minimum Gasteiger partial charge on any atom is -0.376 e. The van der Waals surface area contributed by atoms with Gasteiger partial charge in [0.1, 0.15) is 5.82 Å². The lowest BCUT2D eigenvalue weighted by molar-refractivity contribution is -0.138. The SMILES string of the molecule is CC1C(c2ccccc2)CC(N)C(=O)N1CCN(C)CCOC/C=C/c1cnc2c(c1)[C@@]1(Cc3cccnc3C1)C(=O)N2. The molecular formula is C34H40N6O3. The van der Waals surface area contributed by atoms with Crippen LogP contribution in [0.25, 0.3) is 6.08 Å². The Bertz CT molecular complexity index is 1480. The topological polar surface area (TPSA) is 114 Å². The molecule has 2 aromatic heterocycles. The van der Waals surface area contributed by atoms with Crippen molar-refractivity contribution in [1.82, 2.24) is 19.8 Å². The molecule has 1 saturated heterocycles. The van der Waals surface area contributed by atoms with E-state index in [4.69, 9.17) is 10.5 Å². The van der Waals surface area contributed by atoms with Crippen LogP contribution in [0.15, 0.2) is 67.0 Å². The predicted molar refractivity (Wildman–Crippen MR) is 166 cm³/mol. The molecule has 3 aromatic rings. The number of fused-ring (bicyclic) bond motifs is 3. The van der Waals surface area contributed by atoms with Gasteiger partial charge in [-0.15, -0.1) is 0 Å². The van der Waals surface area contributed by atoms with Gasteiger partial charge in [0.25, 0.3) is 0 Å². The van der Waals surface area contributed by atoms with E-state index < -0.39 is 11.5 Å². The van der Waals surface area contributed by atoms with Crippen LogP contribution in [0.5, 0.6) is 0 Å². The van der Waals surface area contributed by atoms with Crippen molar-refractivity contribution in [2.45, 2.75) is 49.6 Å². The monoisotopic (exact) mass is 580 g/mol. The molecule has 1 spiro atoms. The maximum atomic E-state index is 13.0. The number of carbonyl (C=O) groups is 2. The lowest BCUT2D eigenvalue weighted by Crippen LogP contribution is -2.56. The smallest absolute Gasteiger partial charge is 0.239 e. The fraction of sp³-hybridized carbons (Fsp3) is 0.412. The van der Waals surface area contributed by atoms with Gasteiger partial charge in [-0.3, -0.25) is 14.6 Å². The van der Waals surface area contributed by atoms with E-state index in [9.17, 15) is 9.59 Å². The molecule has 0 radical (unpaired) electrons. The van der Waals surface area contributed by atoms with E-state index in [-0.39, 0.29) is 23.8 Å². The van der Waals surface area contributed by atoms with Crippen LogP contribution >= 0.6 is 0 Å². The molecule has 2 aliphatic heterocycles. The van der Waals surface area contributed by atoms with Gasteiger partial charge in [-0.05, 0) is 55.6 Å². The summed E-state index contributed by atoms with van der Waals surface area (Å²) in [6.07, 6.45) is 9.45. The number of amides is 2. The Morgan fingerprint density at radius 1 is 1.14 bits per heavy atom. The van der Waals surface area contributed by atoms with E-state index in [0.717, 1.165) is 35.5 Å². The molecule has 9 nitrogen and oxygen atoms in total. The summed E-state index contributed by atoms with van der Waals surface area (Å²) in [5.41, 5.74) is 10.9. The fourth-order valence-electron chi connectivity index (χ4n) is 6.78. The van der Waals surface area contributed by atoms with Crippen molar-refractivity contribution in [2.75, 3.05) is 45.2 Å². The number of pyridine rings is 2. The summed E-state index contributed by atoms with van der Waals surface area (Å²) in [6, 6.07) is 16.0. The Labute approximate surface area is 253 Å². The molecule has 3 unspecified atom stereocenters. The normalized spacial score (nSPS) is 24.7. The highest BCUT2D eigenvalue weighted by Gasteiger charge is 2.51. The number of likely N-dealkylation sites (N-methyl/N-ethyl adjacent to an activating group) is 1. The lowest BCUT2D eigenvalue weighted by Gasteiger charge is -2.42. The maximum absolute atomic E-state index is 13.0. The first-order valence-electron chi connectivity index (χ1n) is 15.1. The van der Waals surface area contributed by atoms with Crippen LogP contribution in [0.1, 0.15) is 47.2 Å². The molecule has 3 aliphatic rings. The van der Waals surface area contributed by atoms with E-state index in [1.807, 2.05) is 48.4 Å². The van der Waals surface area contributed by atoms with Gasteiger partial charge in [-0.2, -0.15) is 0 Å². The van der Waals surface area contributed by atoms with Crippen molar-refractivity contribution in [1.29, 1.82) is 0 Å². The third kappa shape index (κ3) is 5.85. The van der Waals surface area contributed by atoms with Gasteiger partial charge in [-0.1, -0.05) is 48.6 Å². The van der Waals surface area contributed by atoms with Crippen molar-refractivity contribution < 1.29 is 14.3 Å². The summed E-state index contributed by atoms with van der Waals surface area (Å²) >= 11 is 0. The van der Waals surface area contributed by atoms with Gasteiger partial charge in [0, 0.05) is 61.7 Å². The Morgan fingerprint density at radius 3 is 2.79 bits per heavy atom. The molecule has 3 N–H and O–H groups in total. The third-order valence-electron chi connectivity index (χ3n) is 9.31. The third-order valence-corrected chi connectivity index (χ3v) is 9.31. The Hall–Kier alpha value is -3.92. The van der Waals surface area contributed by atoms with E-state index in [0.29, 0.717) is 44.8 Å². The average molecular weight is 581 g/mol. The molecule has 1 aliphatic carbocycles. The van der Waals surface area contributed by atoms with Crippen LogP contribution in [-0.2, 0) is 32.6 Å². The maximum Gasteiger partial charge on any atom is 0.239 e. The van der Waals surface area contributed by atoms with Gasteiger partial charge < -0.3 is 25.6 Å². The number of rotatable bonds is 10. The number of benzene rings is 1. The first-order chi connectivity index (χ1) is 20.9. The second-order valence-corrected chi connectivity index (χ2v) is 12.1. The number of aromatic nitrogens is 2. The van der Waals surface area contributed by atoms with Crippen molar-refractivity contribution in [3.05, 3.63) is 94.9 Å². The predicted octanol–water partition coefficient (Wildman–Crippen LogP) is 3.16. The molecule has 2 amide bonds. The largest absolute Gasteiger partial charge is 0.376 e. The van der Waals surface area contributed by atoms with E-state index in [2.05, 4.69) is 51.4 Å². The fourth-order valence-corrected chi connectivity index (χ4v) is 6.78. The quantitative estimate of drug-likeness (QED) is 0.354. The Balaban J connectivity index is 0.967. The number of carbonyl (C=O) groups excluding carboxylic acids is 2. The van der Waals surface area contributed by atoms with Crippen LogP contribution in [-0.4, -0.2) is 83.6 Å². The summed E-state index contributed by atoms with van der Waals surface area (Å²) in [4.78, 5) is 39.1. The summed E-state index contributed by atoms with van der Waals surface area (Å²) in [5, 5.41) is 2.98. The standard InChI is InChI=1S/C34H40N6O3/c1-23-27(25-9-4-3-5-10-25)19-29(35)32(41)40(23)14-13-39(2)15-17-43-16-7-8-24-18-28-31(37-22-24)38-33(42)34(28)20-26-11-6-12-36-30(26)21-34/h3-12,18,22-23,27,29H,13-17,19-21,35H2,1-2H3,(H,37,38,42)/b8-7+/t23?,27?,29?,34-/m0/s1. The summed E-state index contributed by atoms with van der Waals surface area (Å²) in [5.74, 6) is 0.923. The highest BCUT2D eigenvalue weighted by atomic mass is 16.5. The highest BCUT2D eigenvalue weighted by molar-refractivity contribution is 6.06. The Morgan fingerprint density at radius 2 is 1.98 bits per heavy atom. The summed E-state index contributed by atoms with van der Waals surface area (Å²) in [7, 11) is 2.05. The minimum absolute atomic E-state index is 0.000417. The van der Waals surface area contributed by atoms with E-state index in [1.165, 1.54) is 5.56 Å². The van der Waals surface area contributed by atoms with Crippen molar-refractivity contribution in [2.24, 2.45) is 5.73 Å². The number of nitrogens with one attached hydrogen (secondary N) is 1. The number of piperidine rings is 1. The number of nitrogens with zero attached hydrogens (tertiary/aromatic N) is 4. The molecule has 9 heteroatoms. The number of anilines is 1. The summed E-state index contributed by atoms with van der Waals surface area (Å²) < 4.78 is 5.87. The highest BCUT2D eigenvalue weighted by Crippen LogP contribution is 2.46. The van der Waals surface area contributed by atoms with Crippen LogP contribution in [0.3, 0.4) is 0 Å². The molecule has 0 bridgehead atoms. The van der Waals surface area contributed by atoms with E-state index >= 15 is 0 Å². The van der Waals surface area contributed by atoms with Crippen molar-refractivity contribution >= 4 is 23.7 Å². The number of likely N-dealkylation sites (tertiary alicyclic amines) is 1. The molecule has 1 fully saturated rings. The minimum atomic E-state index is -0.631. The second-order valence-electron chi connectivity index (χ2n) is 12.1. The molecule has 6 rings (SSSR count). The number of hydrogen-bond acceptors (Lipinski definition) is 7. The van der Waals surface area contributed by atoms with Gasteiger partial charge in [0.2, 0.25) is 11.8 Å². The zero-order chi connectivity index (χ0) is 30.0. The molecule has 0 saturated carbocycles. The first-order valence-corrected chi connectivity index (χ1v) is 15.1. The van der Waals surface area contributed by atoms with Crippen molar-refractivity contribution in [3.63, 3.8) is 0 Å². The zero-order valence-corrected chi connectivity index (χ0v) is 24.9. The van der Waals surface area contributed by atoms with Gasteiger partial charge in [0.05, 0.1) is 24.7 Å². The molecule has 224 valence electrons. The molecular weight excluding hydrogens is 540 g/mol. The van der Waals surface area contributed by atoms with Crippen LogP contribution in [0.2, 0.25) is 0 Å².